The largest absolute Gasteiger partial charge is 0.351 e. The molecule has 0 aliphatic heterocycles. The summed E-state index contributed by atoms with van der Waals surface area (Å²) in [5, 5.41) is 4.58. The van der Waals surface area contributed by atoms with Crippen LogP contribution in [0.25, 0.3) is 0 Å². The van der Waals surface area contributed by atoms with E-state index in [0.29, 0.717) is 16.9 Å². The number of amides is 1. The van der Waals surface area contributed by atoms with E-state index in [4.69, 9.17) is 7.85 Å². The summed E-state index contributed by atoms with van der Waals surface area (Å²) in [4.78, 5) is 11.9. The molecule has 1 aromatic rings. The molecule has 1 amide bonds. The lowest BCUT2D eigenvalue weighted by Crippen LogP contribution is -2.27. The van der Waals surface area contributed by atoms with Gasteiger partial charge in [-0.3, -0.25) is 4.79 Å². The van der Waals surface area contributed by atoms with Crippen LogP contribution in [0.2, 0.25) is 0 Å². The summed E-state index contributed by atoms with van der Waals surface area (Å²) >= 11 is 1.37. The standard InChI is InChI=1S/C8H10BNOS/c1-2-4-10-8(11)7-6(9)3-5-12-7/h3,5H,2,4H2,1H3,(H,10,11). The fourth-order valence-electron chi connectivity index (χ4n) is 0.823. The minimum Gasteiger partial charge on any atom is -0.351 e. The van der Waals surface area contributed by atoms with Crippen LogP contribution in [-0.2, 0) is 0 Å². The Kier molecular flexibility index (Phi) is 3.35. The second-order valence-corrected chi connectivity index (χ2v) is 3.38. The van der Waals surface area contributed by atoms with Crippen molar-refractivity contribution in [1.82, 2.24) is 5.32 Å². The molecule has 0 fully saturated rings. The molecule has 62 valence electrons. The predicted octanol–water partition coefficient (Wildman–Crippen LogP) is 0.682. The number of carbonyl (C=O) groups excluding carboxylic acids is 1. The highest BCUT2D eigenvalue weighted by Crippen LogP contribution is 2.04. The van der Waals surface area contributed by atoms with Crippen LogP contribution in [-0.4, -0.2) is 20.3 Å². The van der Waals surface area contributed by atoms with E-state index in [9.17, 15) is 4.79 Å². The van der Waals surface area contributed by atoms with E-state index in [2.05, 4.69) is 5.32 Å². The molecule has 2 radical (unpaired) electrons. The smallest absolute Gasteiger partial charge is 0.260 e. The minimum atomic E-state index is -0.0654. The van der Waals surface area contributed by atoms with Crippen LogP contribution < -0.4 is 10.8 Å². The molecule has 1 heterocycles. The highest BCUT2D eigenvalue weighted by atomic mass is 32.1. The Morgan fingerprint density at radius 1 is 1.75 bits per heavy atom. The molecule has 0 spiro atoms. The van der Waals surface area contributed by atoms with Gasteiger partial charge in [-0.15, -0.1) is 11.3 Å². The summed E-state index contributed by atoms with van der Waals surface area (Å²) in [5.41, 5.74) is 0.564. The van der Waals surface area contributed by atoms with E-state index in [-0.39, 0.29) is 5.91 Å². The van der Waals surface area contributed by atoms with Gasteiger partial charge in [-0.1, -0.05) is 18.5 Å². The first kappa shape index (κ1) is 9.32. The van der Waals surface area contributed by atoms with Gasteiger partial charge in [0.05, 0.1) is 4.88 Å². The minimum absolute atomic E-state index is 0.0654. The van der Waals surface area contributed by atoms with Crippen LogP contribution in [0.1, 0.15) is 23.0 Å². The van der Waals surface area contributed by atoms with Crippen molar-refractivity contribution in [2.75, 3.05) is 6.54 Å². The molecule has 0 atom stereocenters. The van der Waals surface area contributed by atoms with Gasteiger partial charge < -0.3 is 5.32 Å². The van der Waals surface area contributed by atoms with E-state index < -0.39 is 0 Å². The van der Waals surface area contributed by atoms with Gasteiger partial charge in [-0.25, -0.2) is 0 Å². The Bertz CT molecular complexity index is 272. The van der Waals surface area contributed by atoms with Gasteiger partial charge >= 0.3 is 0 Å². The second kappa shape index (κ2) is 4.31. The molecule has 0 unspecified atom stereocenters. The molecule has 1 aromatic heterocycles. The Morgan fingerprint density at radius 2 is 2.50 bits per heavy atom. The van der Waals surface area contributed by atoms with Gasteiger partial charge in [0, 0.05) is 6.54 Å². The van der Waals surface area contributed by atoms with Gasteiger partial charge in [0.15, 0.2) is 0 Å². The zero-order valence-corrected chi connectivity index (χ0v) is 7.78. The van der Waals surface area contributed by atoms with Gasteiger partial charge in [0.1, 0.15) is 7.85 Å². The Balaban J connectivity index is 2.59. The zero-order valence-electron chi connectivity index (χ0n) is 6.96. The van der Waals surface area contributed by atoms with E-state index >= 15 is 0 Å². The summed E-state index contributed by atoms with van der Waals surface area (Å²) in [5.74, 6) is -0.0654. The Labute approximate surface area is 77.4 Å². The van der Waals surface area contributed by atoms with Crippen molar-refractivity contribution in [3.63, 3.8) is 0 Å². The highest BCUT2D eigenvalue weighted by molar-refractivity contribution is 7.13. The molecular weight excluding hydrogens is 169 g/mol. The van der Waals surface area contributed by atoms with Crippen molar-refractivity contribution in [1.29, 1.82) is 0 Å². The molecule has 1 N–H and O–H groups in total. The van der Waals surface area contributed by atoms with Crippen molar-refractivity contribution >= 4 is 30.6 Å². The molecule has 0 bridgehead atoms. The van der Waals surface area contributed by atoms with Crippen molar-refractivity contribution in [3.8, 4) is 0 Å². The third-order valence-electron chi connectivity index (χ3n) is 1.44. The van der Waals surface area contributed by atoms with Crippen molar-refractivity contribution in [2.45, 2.75) is 13.3 Å². The second-order valence-electron chi connectivity index (χ2n) is 2.46. The van der Waals surface area contributed by atoms with Crippen LogP contribution in [0, 0.1) is 0 Å². The lowest BCUT2D eigenvalue weighted by Gasteiger charge is -2.01. The van der Waals surface area contributed by atoms with Crippen LogP contribution in [0.5, 0.6) is 0 Å². The molecule has 2 nitrogen and oxygen atoms in total. The lowest BCUT2D eigenvalue weighted by molar-refractivity contribution is 0.0959. The van der Waals surface area contributed by atoms with Crippen molar-refractivity contribution in [2.24, 2.45) is 0 Å². The van der Waals surface area contributed by atoms with Crippen LogP contribution in [0.3, 0.4) is 0 Å². The molecule has 0 saturated carbocycles. The maximum atomic E-state index is 11.3. The number of hydrogen-bond acceptors (Lipinski definition) is 2. The SMILES string of the molecule is [B]c1ccsc1C(=O)NCCC. The summed E-state index contributed by atoms with van der Waals surface area (Å²) in [7, 11) is 5.56. The first-order valence-electron chi connectivity index (χ1n) is 3.87. The van der Waals surface area contributed by atoms with Gasteiger partial charge in [0.25, 0.3) is 5.91 Å². The summed E-state index contributed by atoms with van der Waals surface area (Å²) < 4.78 is 0. The normalized spacial score (nSPS) is 9.75. The summed E-state index contributed by atoms with van der Waals surface area (Å²) in [6, 6.07) is 1.74. The molecule has 12 heavy (non-hydrogen) atoms. The predicted molar refractivity (Wildman–Crippen MR) is 52.3 cm³/mol. The molecule has 1 rings (SSSR count). The Hall–Kier alpha value is -0.765. The summed E-state index contributed by atoms with van der Waals surface area (Å²) in [6.45, 7) is 2.72. The van der Waals surface area contributed by atoms with E-state index in [1.54, 1.807) is 6.07 Å². The first-order valence-corrected chi connectivity index (χ1v) is 4.74. The number of carbonyl (C=O) groups is 1. The Morgan fingerprint density at radius 3 is 3.00 bits per heavy atom. The third-order valence-corrected chi connectivity index (χ3v) is 2.37. The van der Waals surface area contributed by atoms with E-state index in [0.717, 1.165) is 6.42 Å². The third kappa shape index (κ3) is 2.11. The fraction of sp³-hybridized carbons (Fsp3) is 0.375. The number of nitrogens with one attached hydrogen (secondary N) is 1. The van der Waals surface area contributed by atoms with Gasteiger partial charge in [0.2, 0.25) is 0 Å². The molecule has 4 heteroatoms. The van der Waals surface area contributed by atoms with Crippen LogP contribution in [0.15, 0.2) is 11.4 Å². The molecule has 0 aliphatic rings. The average Bonchev–Trinajstić information content (AvgIpc) is 2.47. The first-order chi connectivity index (χ1) is 5.75. The van der Waals surface area contributed by atoms with Crippen molar-refractivity contribution in [3.05, 3.63) is 16.3 Å². The zero-order chi connectivity index (χ0) is 8.97. The monoisotopic (exact) mass is 179 g/mol. The fourth-order valence-corrected chi connectivity index (χ4v) is 1.56. The molecule has 0 saturated heterocycles. The quantitative estimate of drug-likeness (QED) is 0.679. The lowest BCUT2D eigenvalue weighted by atomic mass is 9.97. The van der Waals surface area contributed by atoms with E-state index in [1.165, 1.54) is 11.3 Å². The highest BCUT2D eigenvalue weighted by Gasteiger charge is 2.07. The van der Waals surface area contributed by atoms with Crippen LogP contribution >= 0.6 is 11.3 Å². The maximum absolute atomic E-state index is 11.3. The van der Waals surface area contributed by atoms with Crippen molar-refractivity contribution < 1.29 is 4.79 Å². The van der Waals surface area contributed by atoms with E-state index in [1.807, 2.05) is 12.3 Å². The topological polar surface area (TPSA) is 29.1 Å². The molecule has 0 aromatic carbocycles. The molecular formula is C8H10BNOS. The average molecular weight is 179 g/mol. The molecule has 0 aliphatic carbocycles. The number of hydrogen-bond donors (Lipinski definition) is 1. The van der Waals surface area contributed by atoms with Gasteiger partial charge in [-0.2, -0.15) is 0 Å². The summed E-state index contributed by atoms with van der Waals surface area (Å²) in [6.07, 6.45) is 0.941. The number of thiophene rings is 1. The maximum Gasteiger partial charge on any atom is 0.260 e. The van der Waals surface area contributed by atoms with Gasteiger partial charge in [-0.05, 0) is 11.8 Å². The van der Waals surface area contributed by atoms with Crippen LogP contribution in [0.4, 0.5) is 0 Å². The number of rotatable bonds is 3.